The van der Waals surface area contributed by atoms with E-state index in [9.17, 15) is 18.0 Å². The Labute approximate surface area is 184 Å². The lowest BCUT2D eigenvalue weighted by Crippen LogP contribution is -2.05. The van der Waals surface area contributed by atoms with E-state index in [0.717, 1.165) is 5.56 Å². The normalized spacial score (nSPS) is 11.6. The molecule has 0 spiro atoms. The summed E-state index contributed by atoms with van der Waals surface area (Å²) >= 11 is 5.87. The van der Waals surface area contributed by atoms with Gasteiger partial charge in [-0.2, -0.15) is 18.2 Å². The lowest BCUT2D eigenvalue weighted by molar-refractivity contribution is -0.159. The van der Waals surface area contributed by atoms with Gasteiger partial charge in [0.15, 0.2) is 5.78 Å². The van der Waals surface area contributed by atoms with Crippen molar-refractivity contribution < 1.29 is 26.9 Å². The first-order chi connectivity index (χ1) is 15.3. The molecule has 3 heterocycles. The highest BCUT2D eigenvalue weighted by Gasteiger charge is 2.38. The third-order valence-electron chi connectivity index (χ3n) is 4.47. The van der Waals surface area contributed by atoms with Gasteiger partial charge in [-0.3, -0.25) is 9.78 Å². The second-order valence-corrected chi connectivity index (χ2v) is 7.25. The van der Waals surface area contributed by atoms with Crippen LogP contribution in [0.1, 0.15) is 34.8 Å². The van der Waals surface area contributed by atoms with E-state index in [1.165, 1.54) is 24.7 Å². The van der Waals surface area contributed by atoms with Gasteiger partial charge < -0.3 is 8.94 Å². The van der Waals surface area contributed by atoms with Crippen LogP contribution >= 0.6 is 11.6 Å². The lowest BCUT2D eigenvalue weighted by atomic mass is 10.0. The standard InChI is InChI=1S/C21H14ClF3N4O3/c22-15-6-4-12(5-7-15)19-27-16(11-31-19)2-1-3-17(30)13-8-14(10-26-9-13)18-28-20(32-29-18)21(23,24)25/h4-11H,1-3H2. The minimum Gasteiger partial charge on any atom is -0.444 e. The van der Waals surface area contributed by atoms with E-state index in [0.29, 0.717) is 29.4 Å². The fourth-order valence-corrected chi connectivity index (χ4v) is 3.02. The van der Waals surface area contributed by atoms with Gasteiger partial charge in [0.05, 0.1) is 5.69 Å². The smallest absolute Gasteiger partial charge is 0.444 e. The average molecular weight is 463 g/mol. The number of carbonyl (C=O) groups excluding carboxylic acids is 1. The maximum atomic E-state index is 12.6. The fraction of sp³-hybridized carbons (Fsp3) is 0.190. The molecule has 3 aromatic heterocycles. The monoisotopic (exact) mass is 462 g/mol. The number of pyridine rings is 1. The molecule has 0 atom stereocenters. The molecule has 0 aliphatic heterocycles. The Morgan fingerprint density at radius 2 is 1.84 bits per heavy atom. The molecule has 0 amide bonds. The van der Waals surface area contributed by atoms with Gasteiger partial charge >= 0.3 is 12.1 Å². The summed E-state index contributed by atoms with van der Waals surface area (Å²) in [5, 5.41) is 3.91. The molecule has 0 unspecified atom stereocenters. The van der Waals surface area contributed by atoms with Gasteiger partial charge in [-0.25, -0.2) is 4.98 Å². The van der Waals surface area contributed by atoms with Crippen LogP contribution in [0.15, 0.2) is 57.9 Å². The predicted octanol–water partition coefficient (Wildman–Crippen LogP) is 5.66. The molecule has 0 N–H and O–H groups in total. The van der Waals surface area contributed by atoms with Crippen molar-refractivity contribution in [3.63, 3.8) is 0 Å². The highest BCUT2D eigenvalue weighted by atomic mass is 35.5. The van der Waals surface area contributed by atoms with E-state index in [4.69, 9.17) is 16.0 Å². The highest BCUT2D eigenvalue weighted by molar-refractivity contribution is 6.30. The number of aromatic nitrogens is 4. The number of nitrogens with zero attached hydrogens (tertiary/aromatic N) is 4. The number of carbonyl (C=O) groups is 1. The molecule has 7 nitrogen and oxygen atoms in total. The summed E-state index contributed by atoms with van der Waals surface area (Å²) in [6, 6.07) is 8.45. The SMILES string of the molecule is O=C(CCCc1coc(-c2ccc(Cl)cc2)n1)c1cncc(-c2noc(C(F)(F)F)n2)c1. The third kappa shape index (κ3) is 5.02. The minimum absolute atomic E-state index is 0.152. The molecule has 0 aliphatic carbocycles. The maximum Gasteiger partial charge on any atom is 0.471 e. The van der Waals surface area contributed by atoms with Crippen LogP contribution in [0.25, 0.3) is 22.8 Å². The van der Waals surface area contributed by atoms with Gasteiger partial charge in [0.2, 0.25) is 11.7 Å². The Morgan fingerprint density at radius 3 is 2.56 bits per heavy atom. The predicted molar refractivity (Wildman–Crippen MR) is 107 cm³/mol. The minimum atomic E-state index is -4.75. The summed E-state index contributed by atoms with van der Waals surface area (Å²) < 4.78 is 47.6. The van der Waals surface area contributed by atoms with E-state index in [2.05, 4.69) is 24.6 Å². The number of hydrogen-bond donors (Lipinski definition) is 0. The topological polar surface area (TPSA) is 94.9 Å². The fourth-order valence-electron chi connectivity index (χ4n) is 2.89. The maximum absolute atomic E-state index is 12.6. The van der Waals surface area contributed by atoms with Crippen molar-refractivity contribution in [3.05, 3.63) is 71.2 Å². The van der Waals surface area contributed by atoms with Gasteiger partial charge in [-0.1, -0.05) is 16.8 Å². The summed E-state index contributed by atoms with van der Waals surface area (Å²) in [6.45, 7) is 0. The van der Waals surface area contributed by atoms with Crippen LogP contribution < -0.4 is 0 Å². The molecular formula is C21H14ClF3N4O3. The number of alkyl halides is 3. The Hall–Kier alpha value is -3.53. The van der Waals surface area contributed by atoms with Gasteiger partial charge in [0, 0.05) is 40.5 Å². The van der Waals surface area contributed by atoms with E-state index in [1.54, 1.807) is 24.3 Å². The zero-order chi connectivity index (χ0) is 22.7. The Bertz CT molecular complexity index is 1240. The highest BCUT2D eigenvalue weighted by Crippen LogP contribution is 2.29. The molecule has 0 radical (unpaired) electrons. The van der Waals surface area contributed by atoms with Crippen molar-refractivity contribution in [2.45, 2.75) is 25.4 Å². The number of oxazole rings is 1. The van der Waals surface area contributed by atoms with Crippen LogP contribution in [-0.2, 0) is 12.6 Å². The van der Waals surface area contributed by atoms with Crippen molar-refractivity contribution in [2.75, 3.05) is 0 Å². The van der Waals surface area contributed by atoms with Gasteiger partial charge in [0.1, 0.15) is 6.26 Å². The second-order valence-electron chi connectivity index (χ2n) is 6.81. The number of halogens is 4. The number of aryl methyl sites for hydroxylation is 1. The number of hydrogen-bond acceptors (Lipinski definition) is 7. The second kappa shape index (κ2) is 8.91. The molecule has 0 fully saturated rings. The molecule has 11 heteroatoms. The summed E-state index contributed by atoms with van der Waals surface area (Å²) in [7, 11) is 0. The largest absolute Gasteiger partial charge is 0.471 e. The van der Waals surface area contributed by atoms with Crippen molar-refractivity contribution in [1.29, 1.82) is 0 Å². The van der Waals surface area contributed by atoms with E-state index >= 15 is 0 Å². The van der Waals surface area contributed by atoms with Crippen LogP contribution in [0.5, 0.6) is 0 Å². The van der Waals surface area contributed by atoms with Crippen LogP contribution in [0.2, 0.25) is 5.02 Å². The molecule has 32 heavy (non-hydrogen) atoms. The van der Waals surface area contributed by atoms with Crippen LogP contribution in [0.4, 0.5) is 13.2 Å². The molecule has 4 aromatic rings. The number of ketones is 1. The van der Waals surface area contributed by atoms with E-state index < -0.39 is 12.1 Å². The number of rotatable bonds is 7. The quantitative estimate of drug-likeness (QED) is 0.327. The van der Waals surface area contributed by atoms with Crippen molar-refractivity contribution >= 4 is 17.4 Å². The first kappa shape index (κ1) is 21.7. The molecule has 0 saturated heterocycles. The Kier molecular flexibility index (Phi) is 6.04. The van der Waals surface area contributed by atoms with Crippen LogP contribution in [-0.4, -0.2) is 25.9 Å². The molecule has 0 bridgehead atoms. The third-order valence-corrected chi connectivity index (χ3v) is 4.72. The number of Topliss-reactive ketones (excluding diaryl/α,β-unsaturated/α-hetero) is 1. The van der Waals surface area contributed by atoms with Gasteiger partial charge in [-0.15, -0.1) is 0 Å². The zero-order valence-electron chi connectivity index (χ0n) is 16.3. The molecular weight excluding hydrogens is 449 g/mol. The summed E-state index contributed by atoms with van der Waals surface area (Å²) in [6.07, 6.45) is 0.576. The van der Waals surface area contributed by atoms with Gasteiger partial charge in [-0.05, 0) is 43.2 Å². The van der Waals surface area contributed by atoms with Crippen molar-refractivity contribution in [1.82, 2.24) is 20.1 Å². The first-order valence-electron chi connectivity index (χ1n) is 9.39. The molecule has 0 saturated carbocycles. The molecule has 164 valence electrons. The molecule has 4 rings (SSSR count). The average Bonchev–Trinajstić information content (AvgIpc) is 3.44. The van der Waals surface area contributed by atoms with Crippen LogP contribution in [0, 0.1) is 0 Å². The van der Waals surface area contributed by atoms with Crippen molar-refractivity contribution in [2.24, 2.45) is 0 Å². The van der Waals surface area contributed by atoms with Crippen LogP contribution in [0.3, 0.4) is 0 Å². The summed E-state index contributed by atoms with van der Waals surface area (Å²) in [5.74, 6) is -1.52. The first-order valence-corrected chi connectivity index (χ1v) is 9.77. The van der Waals surface area contributed by atoms with E-state index in [-0.39, 0.29) is 29.2 Å². The van der Waals surface area contributed by atoms with Gasteiger partial charge in [0.25, 0.3) is 0 Å². The Morgan fingerprint density at radius 1 is 1.06 bits per heavy atom. The Balaban J connectivity index is 1.36. The number of benzene rings is 1. The molecule has 1 aromatic carbocycles. The van der Waals surface area contributed by atoms with E-state index in [1.807, 2.05) is 0 Å². The summed E-state index contributed by atoms with van der Waals surface area (Å²) in [4.78, 5) is 24.1. The zero-order valence-corrected chi connectivity index (χ0v) is 17.0. The lowest BCUT2D eigenvalue weighted by Gasteiger charge is -2.02. The molecule has 0 aliphatic rings. The van der Waals surface area contributed by atoms with Crippen molar-refractivity contribution in [3.8, 4) is 22.8 Å². The summed E-state index contributed by atoms with van der Waals surface area (Å²) in [5.41, 5.74) is 1.87.